The van der Waals surface area contributed by atoms with E-state index < -0.39 is 24.2 Å². The molecule has 0 aromatic heterocycles. The van der Waals surface area contributed by atoms with Gasteiger partial charge in [-0.05, 0) is 64.9 Å². The zero-order chi connectivity index (χ0) is 26.9. The number of carbonyl (C=O) groups is 2. The van der Waals surface area contributed by atoms with Crippen molar-refractivity contribution in [2.75, 3.05) is 13.2 Å². The smallest absolute Gasteiger partial charge is 0.247 e. The molecule has 0 bridgehead atoms. The molecule has 3 unspecified atom stereocenters. The molecule has 0 aliphatic heterocycles. The van der Waals surface area contributed by atoms with Crippen LogP contribution >= 0.6 is 45.8 Å². The number of nitrogens with one attached hydrogen (secondary N) is 1. The highest BCUT2D eigenvalue weighted by molar-refractivity contribution is 14.1. The van der Waals surface area contributed by atoms with Crippen LogP contribution in [0, 0.1) is 3.57 Å². The van der Waals surface area contributed by atoms with E-state index in [1.807, 2.05) is 18.2 Å². The minimum atomic E-state index is -1.14. The van der Waals surface area contributed by atoms with E-state index in [0.29, 0.717) is 33.4 Å². The van der Waals surface area contributed by atoms with E-state index in [9.17, 15) is 14.7 Å². The lowest BCUT2D eigenvalue weighted by atomic mass is 9.87. The molecule has 0 fully saturated rings. The molecular formula is C27H29Cl2IN2O5. The van der Waals surface area contributed by atoms with Gasteiger partial charge in [0.25, 0.3) is 0 Å². The van der Waals surface area contributed by atoms with Crippen LogP contribution < -0.4 is 10.1 Å². The minimum Gasteiger partial charge on any atom is -0.482 e. The number of rotatable bonds is 11. The summed E-state index contributed by atoms with van der Waals surface area (Å²) in [7, 11) is 0. The molecular weight excluding hydrogens is 630 g/mol. The van der Waals surface area contributed by atoms with Gasteiger partial charge >= 0.3 is 0 Å². The number of halogens is 3. The first-order chi connectivity index (χ1) is 17.7. The van der Waals surface area contributed by atoms with Gasteiger partial charge in [-0.3, -0.25) is 9.59 Å². The maximum atomic E-state index is 13.4. The maximum Gasteiger partial charge on any atom is 0.247 e. The van der Waals surface area contributed by atoms with Gasteiger partial charge in [-0.25, -0.2) is 0 Å². The Morgan fingerprint density at radius 1 is 1.24 bits per heavy atom. The number of para-hydroxylation sites is 1. The Balaban J connectivity index is 2.00. The highest BCUT2D eigenvalue weighted by Crippen LogP contribution is 2.32. The summed E-state index contributed by atoms with van der Waals surface area (Å²) in [5, 5.41) is 24.1. The zero-order valence-electron chi connectivity index (χ0n) is 20.1. The first-order valence-corrected chi connectivity index (χ1v) is 13.6. The summed E-state index contributed by atoms with van der Waals surface area (Å²) in [5.41, 5.74) is 1.00. The lowest BCUT2D eigenvalue weighted by Gasteiger charge is -2.40. The second kappa shape index (κ2) is 14.2. The summed E-state index contributed by atoms with van der Waals surface area (Å²) in [6.07, 6.45) is 1.92. The molecule has 2 amide bonds. The van der Waals surface area contributed by atoms with Crippen LogP contribution in [-0.4, -0.2) is 58.3 Å². The van der Waals surface area contributed by atoms with Crippen LogP contribution in [0.5, 0.6) is 5.75 Å². The topological polar surface area (TPSA) is 99.1 Å². The third kappa shape index (κ3) is 7.94. The van der Waals surface area contributed by atoms with Crippen LogP contribution in [0.25, 0.3) is 0 Å². The summed E-state index contributed by atoms with van der Waals surface area (Å²) >= 11 is 14.6. The SMILES string of the molecule is C=CCCC(=O)N(Cc1ccc(Cl)cc1Cl)C1CC(C(=O)NCCO)=CC(Oc2ccccc2I)C1O. The van der Waals surface area contributed by atoms with Crippen molar-refractivity contribution in [1.29, 1.82) is 0 Å². The lowest BCUT2D eigenvalue weighted by molar-refractivity contribution is -0.139. The van der Waals surface area contributed by atoms with Crippen molar-refractivity contribution in [3.63, 3.8) is 0 Å². The number of aliphatic hydroxyl groups excluding tert-OH is 2. The molecule has 2 aromatic rings. The van der Waals surface area contributed by atoms with Crippen molar-refractivity contribution in [1.82, 2.24) is 10.2 Å². The van der Waals surface area contributed by atoms with Crippen molar-refractivity contribution in [3.8, 4) is 5.75 Å². The third-order valence-corrected chi connectivity index (χ3v) is 7.43. The van der Waals surface area contributed by atoms with E-state index in [1.165, 1.54) is 0 Å². The van der Waals surface area contributed by atoms with E-state index in [0.717, 1.165) is 3.57 Å². The highest BCUT2D eigenvalue weighted by atomic mass is 127. The largest absolute Gasteiger partial charge is 0.482 e. The van der Waals surface area contributed by atoms with Crippen LogP contribution in [0.15, 0.2) is 66.8 Å². The van der Waals surface area contributed by atoms with E-state index in [2.05, 4.69) is 34.5 Å². The molecule has 0 heterocycles. The van der Waals surface area contributed by atoms with Crippen LogP contribution in [0.2, 0.25) is 10.0 Å². The molecule has 1 aliphatic carbocycles. The van der Waals surface area contributed by atoms with Gasteiger partial charge in [0.2, 0.25) is 11.8 Å². The molecule has 3 rings (SSSR count). The van der Waals surface area contributed by atoms with Gasteiger partial charge < -0.3 is 25.2 Å². The number of hydrogen-bond donors (Lipinski definition) is 3. The minimum absolute atomic E-state index is 0.0772. The molecule has 198 valence electrons. The lowest BCUT2D eigenvalue weighted by Crippen LogP contribution is -2.54. The summed E-state index contributed by atoms with van der Waals surface area (Å²) in [6.45, 7) is 3.67. The Hall–Kier alpha value is -2.11. The molecule has 2 aromatic carbocycles. The van der Waals surface area contributed by atoms with E-state index >= 15 is 0 Å². The number of amides is 2. The highest BCUT2D eigenvalue weighted by Gasteiger charge is 2.40. The number of benzene rings is 2. The van der Waals surface area contributed by atoms with Crippen LogP contribution in [0.1, 0.15) is 24.8 Å². The summed E-state index contributed by atoms with van der Waals surface area (Å²) in [5.74, 6) is -0.0743. The molecule has 3 atom stereocenters. The monoisotopic (exact) mass is 658 g/mol. The average Bonchev–Trinajstić information content (AvgIpc) is 2.88. The van der Waals surface area contributed by atoms with Crippen molar-refractivity contribution in [2.45, 2.75) is 44.1 Å². The molecule has 1 aliphatic rings. The van der Waals surface area contributed by atoms with E-state index in [-0.39, 0.29) is 38.4 Å². The fraction of sp³-hybridized carbons (Fsp3) is 0.333. The van der Waals surface area contributed by atoms with Gasteiger partial charge in [0.05, 0.1) is 16.2 Å². The van der Waals surface area contributed by atoms with E-state index in [4.69, 9.17) is 33.0 Å². The molecule has 0 radical (unpaired) electrons. The van der Waals surface area contributed by atoms with Gasteiger partial charge in [-0.1, -0.05) is 47.5 Å². The Bertz CT molecular complexity index is 1160. The normalized spacial score (nSPS) is 19.1. The van der Waals surface area contributed by atoms with Gasteiger partial charge in [0, 0.05) is 41.5 Å². The molecule has 0 saturated carbocycles. The molecule has 37 heavy (non-hydrogen) atoms. The number of ether oxygens (including phenoxy) is 1. The summed E-state index contributed by atoms with van der Waals surface area (Å²) in [4.78, 5) is 27.9. The number of aliphatic hydroxyl groups is 2. The van der Waals surface area contributed by atoms with Crippen molar-refractivity contribution >= 4 is 57.6 Å². The summed E-state index contributed by atoms with van der Waals surface area (Å²) < 4.78 is 6.99. The van der Waals surface area contributed by atoms with Gasteiger partial charge in [0.1, 0.15) is 18.0 Å². The molecule has 10 heteroatoms. The Morgan fingerprint density at radius 3 is 2.68 bits per heavy atom. The van der Waals surface area contributed by atoms with Crippen molar-refractivity contribution < 1.29 is 24.5 Å². The van der Waals surface area contributed by atoms with Crippen LogP contribution in [0.3, 0.4) is 0 Å². The standard InChI is InChI=1S/C27H29Cl2IN2O5/c1-2-3-8-25(34)32(16-17-9-10-19(28)15-20(17)29)22-13-18(27(36)31-11-12-33)14-24(26(22)35)37-23-7-5-4-6-21(23)30/h2,4-7,9-10,14-15,22,24,26,33,35H,1,3,8,11-13,16H2,(H,31,36). The first-order valence-electron chi connectivity index (χ1n) is 11.8. The Kier molecular flexibility index (Phi) is 11.3. The van der Waals surface area contributed by atoms with E-state index in [1.54, 1.807) is 41.3 Å². The molecule has 7 nitrogen and oxygen atoms in total. The number of carbonyl (C=O) groups excluding carboxylic acids is 2. The van der Waals surface area contributed by atoms with Crippen LogP contribution in [0.4, 0.5) is 0 Å². The predicted octanol–water partition coefficient (Wildman–Crippen LogP) is 4.51. The van der Waals surface area contributed by atoms with Gasteiger partial charge in [0.15, 0.2) is 0 Å². The Labute approximate surface area is 240 Å². The quantitative estimate of drug-likeness (QED) is 0.244. The first kappa shape index (κ1) is 29.4. The average molecular weight is 659 g/mol. The molecule has 0 saturated heterocycles. The second-order valence-electron chi connectivity index (χ2n) is 8.53. The van der Waals surface area contributed by atoms with Crippen molar-refractivity contribution in [3.05, 3.63) is 85.9 Å². The fourth-order valence-corrected chi connectivity index (χ4v) is 5.04. The predicted molar refractivity (Wildman–Crippen MR) is 153 cm³/mol. The van der Waals surface area contributed by atoms with Gasteiger partial charge in [-0.15, -0.1) is 6.58 Å². The van der Waals surface area contributed by atoms with Crippen molar-refractivity contribution in [2.24, 2.45) is 0 Å². The fourth-order valence-electron chi connectivity index (χ4n) is 4.06. The number of nitrogens with zero attached hydrogens (tertiary/aromatic N) is 1. The summed E-state index contributed by atoms with van der Waals surface area (Å²) in [6, 6.07) is 11.6. The zero-order valence-corrected chi connectivity index (χ0v) is 23.7. The third-order valence-electron chi connectivity index (χ3n) is 5.95. The number of hydrogen-bond acceptors (Lipinski definition) is 5. The number of allylic oxidation sites excluding steroid dienone is 1. The van der Waals surface area contributed by atoms with Gasteiger partial charge in [-0.2, -0.15) is 0 Å². The van der Waals surface area contributed by atoms with Crippen LogP contribution in [-0.2, 0) is 16.1 Å². The second-order valence-corrected chi connectivity index (χ2v) is 10.5. The molecule has 0 spiro atoms. The molecule has 3 N–H and O–H groups in total. The maximum absolute atomic E-state index is 13.4. The Morgan fingerprint density at radius 2 is 2.00 bits per heavy atom.